The minimum atomic E-state index is -0.262. The van der Waals surface area contributed by atoms with Crippen LogP contribution in [-0.2, 0) is 16.0 Å². The molecule has 1 fully saturated rings. The van der Waals surface area contributed by atoms with Gasteiger partial charge in [0.15, 0.2) is 0 Å². The summed E-state index contributed by atoms with van der Waals surface area (Å²) in [6.07, 6.45) is 1.21. The van der Waals surface area contributed by atoms with Gasteiger partial charge in [0, 0.05) is 28.9 Å². The number of carbonyl (C=O) groups is 2. The van der Waals surface area contributed by atoms with Crippen molar-refractivity contribution in [2.75, 3.05) is 18.0 Å². The third kappa shape index (κ3) is 2.91. The van der Waals surface area contributed by atoms with E-state index in [9.17, 15) is 9.59 Å². The maximum Gasteiger partial charge on any atom is 0.228 e. The average molecular weight is 419 g/mol. The van der Waals surface area contributed by atoms with Crippen LogP contribution in [0.3, 0.4) is 0 Å². The topological polar surface area (TPSA) is 40.6 Å². The molecule has 1 saturated heterocycles. The molecule has 0 saturated carbocycles. The van der Waals surface area contributed by atoms with Crippen LogP contribution in [0.4, 0.5) is 5.69 Å². The van der Waals surface area contributed by atoms with Crippen molar-refractivity contribution in [3.05, 3.63) is 50.6 Å². The molecule has 4 rings (SSSR count). The van der Waals surface area contributed by atoms with Crippen LogP contribution in [0.15, 0.2) is 40.2 Å². The predicted molar refractivity (Wildman–Crippen MR) is 103 cm³/mol. The average Bonchev–Trinajstić information content (AvgIpc) is 3.22. The summed E-state index contributed by atoms with van der Waals surface area (Å²) in [5.74, 6) is -0.138. The standard InChI is InChI=1S/C19H19BrN2O2S/c1-12-14-7-9-25-17(14)6-8-21(12)19(24)13-10-18(23)22(11-13)16-5-3-2-4-15(16)20/h2-5,7,9,12-13H,6,8,10-11H2,1H3. The van der Waals surface area contributed by atoms with Gasteiger partial charge >= 0.3 is 0 Å². The highest BCUT2D eigenvalue weighted by Crippen LogP contribution is 2.36. The van der Waals surface area contributed by atoms with E-state index in [0.29, 0.717) is 13.0 Å². The summed E-state index contributed by atoms with van der Waals surface area (Å²) >= 11 is 5.27. The minimum absolute atomic E-state index is 0.0196. The second-order valence-electron chi connectivity index (χ2n) is 6.61. The lowest BCUT2D eigenvalue weighted by Crippen LogP contribution is -2.42. The zero-order chi connectivity index (χ0) is 17.6. The van der Waals surface area contributed by atoms with Crippen LogP contribution in [0, 0.1) is 5.92 Å². The predicted octanol–water partition coefficient (Wildman–Crippen LogP) is 4.01. The number of carbonyl (C=O) groups excluding carboxylic acids is 2. The monoisotopic (exact) mass is 418 g/mol. The molecule has 25 heavy (non-hydrogen) atoms. The van der Waals surface area contributed by atoms with Crippen molar-refractivity contribution in [3.63, 3.8) is 0 Å². The first-order chi connectivity index (χ1) is 12.1. The van der Waals surface area contributed by atoms with Gasteiger partial charge in [0.1, 0.15) is 0 Å². The lowest BCUT2D eigenvalue weighted by molar-refractivity contribution is -0.138. The van der Waals surface area contributed by atoms with Crippen LogP contribution < -0.4 is 4.90 Å². The third-order valence-electron chi connectivity index (χ3n) is 5.18. The Balaban J connectivity index is 1.53. The van der Waals surface area contributed by atoms with Gasteiger partial charge in [0.2, 0.25) is 11.8 Å². The van der Waals surface area contributed by atoms with Crippen LogP contribution in [0.1, 0.15) is 29.8 Å². The fourth-order valence-corrected chi connectivity index (χ4v) is 5.28. The Hall–Kier alpha value is -1.66. The molecular weight excluding hydrogens is 400 g/mol. The smallest absolute Gasteiger partial charge is 0.228 e. The molecule has 2 aliphatic rings. The molecule has 0 N–H and O–H groups in total. The molecule has 0 radical (unpaired) electrons. The number of rotatable bonds is 2. The van der Waals surface area contributed by atoms with Crippen molar-refractivity contribution in [1.82, 2.24) is 4.90 Å². The van der Waals surface area contributed by atoms with Crippen LogP contribution in [0.25, 0.3) is 0 Å². The van der Waals surface area contributed by atoms with Crippen molar-refractivity contribution in [2.24, 2.45) is 5.92 Å². The summed E-state index contributed by atoms with van der Waals surface area (Å²) in [7, 11) is 0. The Kier molecular flexibility index (Phi) is 4.41. The number of anilines is 1. The molecule has 130 valence electrons. The molecule has 1 aromatic carbocycles. The number of benzene rings is 1. The number of halogens is 1. The summed E-state index contributed by atoms with van der Waals surface area (Å²) in [6.45, 7) is 3.29. The molecular formula is C19H19BrN2O2S. The highest BCUT2D eigenvalue weighted by atomic mass is 79.9. The first-order valence-corrected chi connectivity index (χ1v) is 10.1. The van der Waals surface area contributed by atoms with Crippen molar-refractivity contribution in [2.45, 2.75) is 25.8 Å². The van der Waals surface area contributed by atoms with E-state index < -0.39 is 0 Å². The number of hydrogen-bond donors (Lipinski definition) is 0. The summed E-state index contributed by atoms with van der Waals surface area (Å²) in [5.41, 5.74) is 2.10. The van der Waals surface area contributed by atoms with Gasteiger partial charge in [0.05, 0.1) is 17.6 Å². The number of thiophene rings is 1. The van der Waals surface area contributed by atoms with Gasteiger partial charge in [-0.25, -0.2) is 0 Å². The van der Waals surface area contributed by atoms with E-state index >= 15 is 0 Å². The van der Waals surface area contributed by atoms with E-state index in [1.165, 1.54) is 10.4 Å². The molecule has 0 bridgehead atoms. The van der Waals surface area contributed by atoms with Crippen molar-refractivity contribution < 1.29 is 9.59 Å². The molecule has 1 aromatic heterocycles. The first-order valence-electron chi connectivity index (χ1n) is 8.48. The molecule has 2 atom stereocenters. The maximum absolute atomic E-state index is 13.1. The van der Waals surface area contributed by atoms with E-state index in [0.717, 1.165) is 23.1 Å². The highest BCUT2D eigenvalue weighted by Gasteiger charge is 2.40. The Morgan fingerprint density at radius 1 is 1.28 bits per heavy atom. The van der Waals surface area contributed by atoms with Crippen molar-refractivity contribution in [1.29, 1.82) is 0 Å². The van der Waals surface area contributed by atoms with Crippen LogP contribution in [0.5, 0.6) is 0 Å². The molecule has 6 heteroatoms. The Morgan fingerprint density at radius 3 is 2.88 bits per heavy atom. The molecule has 2 amide bonds. The van der Waals surface area contributed by atoms with E-state index in [4.69, 9.17) is 0 Å². The Morgan fingerprint density at radius 2 is 2.08 bits per heavy atom. The number of para-hydroxylation sites is 1. The summed E-state index contributed by atoms with van der Waals surface area (Å²) in [6, 6.07) is 9.88. The fourth-order valence-electron chi connectivity index (χ4n) is 3.82. The third-order valence-corrected chi connectivity index (χ3v) is 6.84. The maximum atomic E-state index is 13.1. The molecule has 2 aromatic rings. The largest absolute Gasteiger partial charge is 0.335 e. The van der Waals surface area contributed by atoms with Crippen LogP contribution in [0.2, 0.25) is 0 Å². The minimum Gasteiger partial charge on any atom is -0.335 e. The molecule has 0 spiro atoms. The summed E-state index contributed by atoms with van der Waals surface area (Å²) in [5, 5.41) is 2.10. The van der Waals surface area contributed by atoms with Gasteiger partial charge in [0.25, 0.3) is 0 Å². The van der Waals surface area contributed by atoms with Gasteiger partial charge in [-0.15, -0.1) is 11.3 Å². The number of fused-ring (bicyclic) bond motifs is 1. The van der Waals surface area contributed by atoms with Gasteiger partial charge in [-0.3, -0.25) is 9.59 Å². The fraction of sp³-hybridized carbons (Fsp3) is 0.368. The van der Waals surface area contributed by atoms with Gasteiger partial charge in [-0.05, 0) is 58.4 Å². The van der Waals surface area contributed by atoms with Crippen LogP contribution in [-0.4, -0.2) is 29.8 Å². The van der Waals surface area contributed by atoms with E-state index in [1.54, 1.807) is 16.2 Å². The molecule has 0 aliphatic carbocycles. The zero-order valence-electron chi connectivity index (χ0n) is 13.9. The summed E-state index contributed by atoms with van der Waals surface area (Å²) in [4.78, 5) is 30.7. The lowest BCUT2D eigenvalue weighted by atomic mass is 9.98. The van der Waals surface area contributed by atoms with Crippen LogP contribution >= 0.6 is 27.3 Å². The van der Waals surface area contributed by atoms with Gasteiger partial charge < -0.3 is 9.80 Å². The van der Waals surface area contributed by atoms with E-state index in [1.807, 2.05) is 29.2 Å². The van der Waals surface area contributed by atoms with E-state index in [-0.39, 0.29) is 23.8 Å². The molecule has 4 nitrogen and oxygen atoms in total. The van der Waals surface area contributed by atoms with Crippen molar-refractivity contribution in [3.8, 4) is 0 Å². The normalized spacial score (nSPS) is 23.0. The number of nitrogens with zero attached hydrogens (tertiary/aromatic N) is 2. The van der Waals surface area contributed by atoms with Gasteiger partial charge in [-0.1, -0.05) is 12.1 Å². The van der Waals surface area contributed by atoms with E-state index in [2.05, 4.69) is 34.3 Å². The second kappa shape index (κ2) is 6.57. The number of hydrogen-bond acceptors (Lipinski definition) is 3. The van der Waals surface area contributed by atoms with Crippen molar-refractivity contribution >= 4 is 44.8 Å². The zero-order valence-corrected chi connectivity index (χ0v) is 16.3. The number of amides is 2. The molecule has 2 aliphatic heterocycles. The SMILES string of the molecule is CC1c2ccsc2CCN1C(=O)C1CC(=O)N(c2ccccc2Br)C1. The lowest BCUT2D eigenvalue weighted by Gasteiger charge is -2.35. The van der Waals surface area contributed by atoms with Gasteiger partial charge in [-0.2, -0.15) is 0 Å². The second-order valence-corrected chi connectivity index (χ2v) is 8.47. The Bertz CT molecular complexity index is 834. The first kappa shape index (κ1) is 16.8. The Labute approximate surface area is 159 Å². The molecule has 2 unspecified atom stereocenters. The highest BCUT2D eigenvalue weighted by molar-refractivity contribution is 9.10. The molecule has 3 heterocycles. The quantitative estimate of drug-likeness (QED) is 0.738. The summed E-state index contributed by atoms with van der Waals surface area (Å²) < 4.78 is 0.880.